The fourth-order valence-corrected chi connectivity index (χ4v) is 2.89. The van der Waals surface area contributed by atoms with Crippen LogP contribution in [-0.2, 0) is 0 Å². The van der Waals surface area contributed by atoms with Crippen molar-refractivity contribution in [3.63, 3.8) is 0 Å². The molecule has 1 aliphatic heterocycles. The van der Waals surface area contributed by atoms with Gasteiger partial charge in [0.25, 0.3) is 5.91 Å². The van der Waals surface area contributed by atoms with Gasteiger partial charge in [-0.25, -0.2) is 9.07 Å². The van der Waals surface area contributed by atoms with Gasteiger partial charge in [0.15, 0.2) is 5.69 Å². The van der Waals surface area contributed by atoms with E-state index in [1.165, 1.54) is 25.0 Å². The van der Waals surface area contributed by atoms with Crippen molar-refractivity contribution >= 4 is 5.91 Å². The molecule has 1 saturated heterocycles. The first kappa shape index (κ1) is 16.6. The highest BCUT2D eigenvalue weighted by Crippen LogP contribution is 2.17. The van der Waals surface area contributed by atoms with Crippen molar-refractivity contribution in [1.82, 2.24) is 25.2 Å². The van der Waals surface area contributed by atoms with E-state index >= 15 is 0 Å². The summed E-state index contributed by atoms with van der Waals surface area (Å²) in [6.45, 7) is 5.63. The van der Waals surface area contributed by atoms with E-state index in [1.54, 1.807) is 23.0 Å². The number of amides is 1. The second-order valence-corrected chi connectivity index (χ2v) is 6.12. The molecule has 7 heteroatoms. The summed E-state index contributed by atoms with van der Waals surface area (Å²) in [7, 11) is 0. The van der Waals surface area contributed by atoms with Crippen molar-refractivity contribution in [2.75, 3.05) is 26.2 Å². The van der Waals surface area contributed by atoms with E-state index < -0.39 is 0 Å². The van der Waals surface area contributed by atoms with Crippen molar-refractivity contribution in [1.29, 1.82) is 0 Å². The first-order chi connectivity index (χ1) is 11.6. The number of hydrogen-bond acceptors (Lipinski definition) is 4. The summed E-state index contributed by atoms with van der Waals surface area (Å²) in [5.74, 6) is -0.491. The van der Waals surface area contributed by atoms with Gasteiger partial charge in [0, 0.05) is 13.1 Å². The summed E-state index contributed by atoms with van der Waals surface area (Å²) in [4.78, 5) is 14.5. The van der Waals surface area contributed by atoms with Gasteiger partial charge in [-0.2, -0.15) is 0 Å². The molecular weight excluding hydrogens is 309 g/mol. The minimum Gasteiger partial charge on any atom is -0.349 e. The maximum Gasteiger partial charge on any atom is 0.273 e. The van der Waals surface area contributed by atoms with Gasteiger partial charge in [0.05, 0.1) is 12.2 Å². The Labute approximate surface area is 140 Å². The zero-order valence-electron chi connectivity index (χ0n) is 13.8. The minimum atomic E-state index is -0.275. The molecule has 0 bridgehead atoms. The van der Waals surface area contributed by atoms with E-state index in [9.17, 15) is 9.18 Å². The molecule has 1 amide bonds. The number of carbonyl (C=O) groups is 1. The molecule has 3 rings (SSSR count). The number of rotatable bonds is 6. The molecule has 128 valence electrons. The van der Waals surface area contributed by atoms with Crippen LogP contribution >= 0.6 is 0 Å². The lowest BCUT2D eigenvalue weighted by atomic mass is 10.1. The number of nitrogens with zero attached hydrogens (tertiary/aromatic N) is 4. The van der Waals surface area contributed by atoms with Gasteiger partial charge in [0.2, 0.25) is 0 Å². The Hall–Kier alpha value is -2.28. The molecule has 1 aromatic heterocycles. The number of nitrogens with one attached hydrogen (secondary N) is 1. The lowest BCUT2D eigenvalue weighted by molar-refractivity contribution is 0.0944. The third-order valence-corrected chi connectivity index (χ3v) is 4.40. The van der Waals surface area contributed by atoms with Crippen molar-refractivity contribution in [2.45, 2.75) is 25.8 Å². The van der Waals surface area contributed by atoms with Gasteiger partial charge in [-0.3, -0.25) is 4.79 Å². The zero-order valence-corrected chi connectivity index (χ0v) is 13.8. The summed E-state index contributed by atoms with van der Waals surface area (Å²) in [6, 6.07) is 6.11. The van der Waals surface area contributed by atoms with Crippen LogP contribution in [0, 0.1) is 5.82 Å². The van der Waals surface area contributed by atoms with Gasteiger partial charge < -0.3 is 10.2 Å². The normalized spacial score (nSPS) is 16.2. The lowest BCUT2D eigenvalue weighted by Gasteiger charge is -2.14. The molecule has 1 aliphatic rings. The fraction of sp³-hybridized carbons (Fsp3) is 0.471. The molecule has 0 unspecified atom stereocenters. The molecule has 0 radical (unpaired) electrons. The van der Waals surface area contributed by atoms with Crippen LogP contribution in [0.4, 0.5) is 4.39 Å². The third kappa shape index (κ3) is 3.97. The maximum absolute atomic E-state index is 13.0. The number of hydrogen-bond donors (Lipinski definition) is 1. The Morgan fingerprint density at radius 1 is 1.29 bits per heavy atom. The number of benzene rings is 1. The summed E-state index contributed by atoms with van der Waals surface area (Å²) in [5.41, 5.74) is 1.20. The average Bonchev–Trinajstić information content (AvgIpc) is 3.26. The second-order valence-electron chi connectivity index (χ2n) is 6.12. The lowest BCUT2D eigenvalue weighted by Crippen LogP contribution is -2.33. The molecule has 2 aromatic rings. The molecule has 1 fully saturated rings. The van der Waals surface area contributed by atoms with E-state index in [4.69, 9.17) is 0 Å². The average molecular weight is 331 g/mol. The van der Waals surface area contributed by atoms with Crippen LogP contribution in [0.25, 0.3) is 0 Å². The highest BCUT2D eigenvalue weighted by atomic mass is 19.1. The Balaban J connectivity index is 1.55. The van der Waals surface area contributed by atoms with Gasteiger partial charge in [-0.15, -0.1) is 5.10 Å². The van der Waals surface area contributed by atoms with Crippen LogP contribution in [-0.4, -0.2) is 52.0 Å². The molecule has 0 spiro atoms. The van der Waals surface area contributed by atoms with Crippen LogP contribution in [0.5, 0.6) is 0 Å². The molecule has 2 heterocycles. The van der Waals surface area contributed by atoms with Crippen molar-refractivity contribution in [3.8, 4) is 0 Å². The zero-order chi connectivity index (χ0) is 16.9. The maximum atomic E-state index is 13.0. The van der Waals surface area contributed by atoms with Crippen molar-refractivity contribution in [3.05, 3.63) is 47.5 Å². The summed E-state index contributed by atoms with van der Waals surface area (Å²) in [6.07, 6.45) is 4.10. The molecule has 0 aliphatic carbocycles. The topological polar surface area (TPSA) is 63.1 Å². The summed E-state index contributed by atoms with van der Waals surface area (Å²) < 4.78 is 14.6. The Morgan fingerprint density at radius 2 is 2.00 bits per heavy atom. The molecule has 1 N–H and O–H groups in total. The molecule has 0 saturated carbocycles. The number of halogens is 1. The van der Waals surface area contributed by atoms with Crippen LogP contribution in [0.15, 0.2) is 30.5 Å². The largest absolute Gasteiger partial charge is 0.349 e. The second kappa shape index (κ2) is 7.53. The smallest absolute Gasteiger partial charge is 0.273 e. The molecule has 1 atom stereocenters. The SMILES string of the molecule is C[C@H](c1ccc(F)cc1)n1cc(C(=O)NCCN2CCCC2)nn1. The first-order valence-corrected chi connectivity index (χ1v) is 8.31. The van der Waals surface area contributed by atoms with E-state index in [2.05, 4.69) is 20.5 Å². The standard InChI is InChI=1S/C17H22FN5O/c1-13(14-4-6-15(18)7-5-14)23-12-16(20-21-23)17(24)19-8-11-22-9-2-3-10-22/h4-7,12-13H,2-3,8-11H2,1H3,(H,19,24)/t13-/m1/s1. The Morgan fingerprint density at radius 3 is 2.71 bits per heavy atom. The number of likely N-dealkylation sites (tertiary alicyclic amines) is 1. The molecule has 24 heavy (non-hydrogen) atoms. The van der Waals surface area contributed by atoms with Crippen molar-refractivity contribution < 1.29 is 9.18 Å². The van der Waals surface area contributed by atoms with Gasteiger partial charge >= 0.3 is 0 Å². The monoisotopic (exact) mass is 331 g/mol. The van der Waals surface area contributed by atoms with E-state index in [1.807, 2.05) is 6.92 Å². The Kier molecular flexibility index (Phi) is 5.20. The predicted molar refractivity (Wildman–Crippen MR) is 88.2 cm³/mol. The van der Waals surface area contributed by atoms with Crippen molar-refractivity contribution in [2.24, 2.45) is 0 Å². The Bertz CT molecular complexity index is 679. The molecule has 1 aromatic carbocycles. The van der Waals surface area contributed by atoms with Crippen LogP contribution in [0.2, 0.25) is 0 Å². The quantitative estimate of drug-likeness (QED) is 0.877. The molecule has 6 nitrogen and oxygen atoms in total. The van der Waals surface area contributed by atoms with Gasteiger partial charge in [-0.05, 0) is 50.6 Å². The third-order valence-electron chi connectivity index (χ3n) is 4.40. The highest BCUT2D eigenvalue weighted by molar-refractivity contribution is 5.91. The number of aromatic nitrogens is 3. The predicted octanol–water partition coefficient (Wildman–Crippen LogP) is 1.85. The van der Waals surface area contributed by atoms with E-state index in [0.717, 1.165) is 25.2 Å². The minimum absolute atomic E-state index is 0.121. The summed E-state index contributed by atoms with van der Waals surface area (Å²) >= 11 is 0. The van der Waals surface area contributed by atoms with E-state index in [0.29, 0.717) is 12.2 Å². The van der Waals surface area contributed by atoms with Crippen LogP contribution in [0.3, 0.4) is 0 Å². The number of carbonyl (C=O) groups excluding carboxylic acids is 1. The first-order valence-electron chi connectivity index (χ1n) is 8.31. The highest BCUT2D eigenvalue weighted by Gasteiger charge is 2.16. The fourth-order valence-electron chi connectivity index (χ4n) is 2.89. The van der Waals surface area contributed by atoms with Gasteiger partial charge in [0.1, 0.15) is 5.82 Å². The van der Waals surface area contributed by atoms with Gasteiger partial charge in [-0.1, -0.05) is 17.3 Å². The van der Waals surface area contributed by atoms with E-state index in [-0.39, 0.29) is 17.8 Å². The van der Waals surface area contributed by atoms with Crippen LogP contribution < -0.4 is 5.32 Å². The molecular formula is C17H22FN5O. The van der Waals surface area contributed by atoms with Crippen LogP contribution in [0.1, 0.15) is 41.9 Å². The summed E-state index contributed by atoms with van der Waals surface area (Å²) in [5, 5.41) is 10.8.